The van der Waals surface area contributed by atoms with Gasteiger partial charge in [0.1, 0.15) is 11.6 Å². The van der Waals surface area contributed by atoms with Crippen molar-refractivity contribution in [1.29, 1.82) is 0 Å². The molecule has 164 valence electrons. The van der Waals surface area contributed by atoms with Crippen LogP contribution in [0.25, 0.3) is 5.76 Å². The summed E-state index contributed by atoms with van der Waals surface area (Å²) in [5.74, 6) is -3.50. The first-order valence-electron chi connectivity index (χ1n) is 9.77. The van der Waals surface area contributed by atoms with Gasteiger partial charge in [-0.05, 0) is 63.0 Å². The molecule has 1 atom stereocenters. The van der Waals surface area contributed by atoms with E-state index in [-0.39, 0.29) is 23.4 Å². The largest absolute Gasteiger partial charge is 0.507 e. The first-order valence-corrected chi connectivity index (χ1v) is 9.77. The maximum atomic E-state index is 14.2. The van der Waals surface area contributed by atoms with Crippen LogP contribution in [-0.4, -0.2) is 60.9 Å². The fourth-order valence-electron chi connectivity index (χ4n) is 3.66. The lowest BCUT2D eigenvalue weighted by molar-refractivity contribution is -0.139. The van der Waals surface area contributed by atoms with Crippen molar-refractivity contribution in [2.75, 3.05) is 34.3 Å². The molecule has 2 aromatic carbocycles. The Morgan fingerprint density at radius 2 is 1.90 bits per heavy atom. The monoisotopic (exact) mass is 430 g/mol. The molecule has 8 heteroatoms. The van der Waals surface area contributed by atoms with Gasteiger partial charge in [0.25, 0.3) is 11.7 Å². The summed E-state index contributed by atoms with van der Waals surface area (Å²) in [6.45, 7) is 0.903. The third kappa shape index (κ3) is 4.59. The molecule has 1 fully saturated rings. The normalized spacial score (nSPS) is 18.1. The molecule has 1 unspecified atom stereocenters. The molecule has 1 saturated heterocycles. The fourth-order valence-corrected chi connectivity index (χ4v) is 3.66. The molecular weight excluding hydrogens is 406 g/mol. The summed E-state index contributed by atoms with van der Waals surface area (Å²) in [6.07, 6.45) is 0.572. The van der Waals surface area contributed by atoms with E-state index in [2.05, 4.69) is 0 Å². The van der Waals surface area contributed by atoms with Gasteiger partial charge in [-0.3, -0.25) is 9.59 Å². The minimum absolute atomic E-state index is 0.0194. The number of rotatable bonds is 7. The molecular formula is C23H24F2N2O4. The number of carbonyl (C=O) groups excluding carboxylic acids is 2. The average Bonchev–Trinajstić information content (AvgIpc) is 2.98. The second-order valence-corrected chi connectivity index (χ2v) is 7.55. The summed E-state index contributed by atoms with van der Waals surface area (Å²) in [5, 5.41) is 10.9. The van der Waals surface area contributed by atoms with Crippen LogP contribution in [0, 0.1) is 11.6 Å². The number of aliphatic hydroxyl groups is 1. The van der Waals surface area contributed by atoms with Crippen LogP contribution in [0.4, 0.5) is 8.78 Å². The van der Waals surface area contributed by atoms with Gasteiger partial charge < -0.3 is 19.6 Å². The van der Waals surface area contributed by atoms with Crippen molar-refractivity contribution in [1.82, 2.24) is 9.80 Å². The third-order valence-corrected chi connectivity index (χ3v) is 5.13. The highest BCUT2D eigenvalue weighted by molar-refractivity contribution is 6.46. The van der Waals surface area contributed by atoms with Crippen molar-refractivity contribution >= 4 is 17.4 Å². The highest BCUT2D eigenvalue weighted by atomic mass is 19.1. The van der Waals surface area contributed by atoms with Gasteiger partial charge in [0, 0.05) is 12.1 Å². The smallest absolute Gasteiger partial charge is 0.295 e. The third-order valence-electron chi connectivity index (χ3n) is 5.13. The fraction of sp³-hybridized carbons (Fsp3) is 0.304. The standard InChI is InChI=1S/C23H24F2N2O4/c1-26(2)10-5-11-27-20(14-6-4-7-16(24)12-14)19(22(29)23(27)30)21(28)15-8-9-18(31-3)17(25)13-15/h4,6-9,12-13,20,28H,5,10-11H2,1-3H3. The van der Waals surface area contributed by atoms with Crippen molar-refractivity contribution < 1.29 is 28.2 Å². The number of benzene rings is 2. The number of amides is 1. The van der Waals surface area contributed by atoms with Crippen LogP contribution in [0.15, 0.2) is 48.0 Å². The Morgan fingerprint density at radius 3 is 2.52 bits per heavy atom. The zero-order chi connectivity index (χ0) is 22.7. The number of ketones is 1. The first kappa shape index (κ1) is 22.4. The lowest BCUT2D eigenvalue weighted by atomic mass is 9.95. The van der Waals surface area contributed by atoms with Crippen LogP contribution in [-0.2, 0) is 9.59 Å². The van der Waals surface area contributed by atoms with Gasteiger partial charge in [0.05, 0.1) is 18.7 Å². The van der Waals surface area contributed by atoms with E-state index in [1.165, 1.54) is 42.3 Å². The summed E-state index contributed by atoms with van der Waals surface area (Å²) in [4.78, 5) is 28.9. The van der Waals surface area contributed by atoms with Gasteiger partial charge in [-0.2, -0.15) is 0 Å². The molecule has 0 aromatic heterocycles. The Morgan fingerprint density at radius 1 is 1.16 bits per heavy atom. The predicted octanol–water partition coefficient (Wildman–Crippen LogP) is 3.35. The van der Waals surface area contributed by atoms with E-state index in [0.717, 1.165) is 6.07 Å². The van der Waals surface area contributed by atoms with E-state index in [1.807, 2.05) is 19.0 Å². The van der Waals surface area contributed by atoms with E-state index in [9.17, 15) is 23.5 Å². The first-order chi connectivity index (χ1) is 14.7. The van der Waals surface area contributed by atoms with Crippen LogP contribution in [0.1, 0.15) is 23.6 Å². The SMILES string of the molecule is COc1ccc(C(O)=C2C(=O)C(=O)N(CCCN(C)C)C2c2cccc(F)c2)cc1F. The van der Waals surface area contributed by atoms with Crippen LogP contribution >= 0.6 is 0 Å². The lowest BCUT2D eigenvalue weighted by Crippen LogP contribution is -2.32. The second-order valence-electron chi connectivity index (χ2n) is 7.55. The summed E-state index contributed by atoms with van der Waals surface area (Å²) in [6, 6.07) is 8.27. The summed E-state index contributed by atoms with van der Waals surface area (Å²) < 4.78 is 33.0. The number of halogens is 2. The van der Waals surface area contributed by atoms with E-state index in [0.29, 0.717) is 18.5 Å². The summed E-state index contributed by atoms with van der Waals surface area (Å²) in [7, 11) is 5.08. The minimum atomic E-state index is -0.983. The molecule has 0 spiro atoms. The highest BCUT2D eigenvalue weighted by Gasteiger charge is 2.45. The topological polar surface area (TPSA) is 70.1 Å². The summed E-state index contributed by atoms with van der Waals surface area (Å²) >= 11 is 0. The number of methoxy groups -OCH3 is 1. The zero-order valence-corrected chi connectivity index (χ0v) is 17.6. The summed E-state index contributed by atoms with van der Waals surface area (Å²) in [5.41, 5.74) is 0.163. The highest BCUT2D eigenvalue weighted by Crippen LogP contribution is 2.40. The van der Waals surface area contributed by atoms with Gasteiger partial charge in [-0.25, -0.2) is 8.78 Å². The van der Waals surface area contributed by atoms with Crippen molar-refractivity contribution in [3.05, 3.63) is 70.8 Å². The molecule has 0 bridgehead atoms. The Kier molecular flexibility index (Phi) is 6.70. The molecule has 0 saturated carbocycles. The molecule has 31 heavy (non-hydrogen) atoms. The second kappa shape index (κ2) is 9.26. The molecule has 1 amide bonds. The number of Topliss-reactive ketones (excluding diaryl/α,β-unsaturated/α-hetero) is 1. The van der Waals surface area contributed by atoms with E-state index in [1.54, 1.807) is 6.07 Å². The molecule has 1 heterocycles. The minimum Gasteiger partial charge on any atom is -0.507 e. The van der Waals surface area contributed by atoms with Gasteiger partial charge in [-0.15, -0.1) is 0 Å². The van der Waals surface area contributed by atoms with Gasteiger partial charge >= 0.3 is 0 Å². The molecule has 1 N–H and O–H groups in total. The van der Waals surface area contributed by atoms with E-state index in [4.69, 9.17) is 4.74 Å². The predicted molar refractivity (Wildman–Crippen MR) is 112 cm³/mol. The number of ether oxygens (including phenoxy) is 1. The number of hydrogen-bond acceptors (Lipinski definition) is 5. The molecule has 2 aromatic rings. The van der Waals surface area contributed by atoms with Crippen molar-refractivity contribution in [2.45, 2.75) is 12.5 Å². The number of hydrogen-bond donors (Lipinski definition) is 1. The molecule has 1 aliphatic heterocycles. The molecule has 1 aliphatic rings. The maximum absolute atomic E-state index is 14.2. The van der Waals surface area contributed by atoms with E-state index >= 15 is 0 Å². The Hall–Kier alpha value is -3.26. The Bertz CT molecular complexity index is 1040. The maximum Gasteiger partial charge on any atom is 0.295 e. The molecule has 0 radical (unpaired) electrons. The van der Waals surface area contributed by atoms with Crippen LogP contribution in [0.2, 0.25) is 0 Å². The van der Waals surface area contributed by atoms with Crippen molar-refractivity contribution in [3.8, 4) is 5.75 Å². The quantitative estimate of drug-likeness (QED) is 0.415. The Balaban J connectivity index is 2.11. The van der Waals surface area contributed by atoms with Crippen molar-refractivity contribution in [2.24, 2.45) is 0 Å². The van der Waals surface area contributed by atoms with Crippen LogP contribution in [0.3, 0.4) is 0 Å². The van der Waals surface area contributed by atoms with Gasteiger partial charge in [-0.1, -0.05) is 12.1 Å². The molecule has 6 nitrogen and oxygen atoms in total. The number of nitrogens with zero attached hydrogens (tertiary/aromatic N) is 2. The lowest BCUT2D eigenvalue weighted by Gasteiger charge is -2.26. The number of aliphatic hydroxyl groups excluding tert-OH is 1. The van der Waals surface area contributed by atoms with Gasteiger partial charge in [0.15, 0.2) is 11.6 Å². The average molecular weight is 430 g/mol. The van der Waals surface area contributed by atoms with Crippen molar-refractivity contribution in [3.63, 3.8) is 0 Å². The molecule has 0 aliphatic carbocycles. The number of carbonyl (C=O) groups is 2. The molecule has 3 rings (SSSR count). The number of likely N-dealkylation sites (tertiary alicyclic amines) is 1. The van der Waals surface area contributed by atoms with Gasteiger partial charge in [0.2, 0.25) is 0 Å². The van der Waals surface area contributed by atoms with E-state index < -0.39 is 35.1 Å². The zero-order valence-electron chi connectivity index (χ0n) is 17.6. The Labute approximate surface area is 179 Å². The van der Waals surface area contributed by atoms with Crippen LogP contribution < -0.4 is 4.74 Å². The van der Waals surface area contributed by atoms with Crippen LogP contribution in [0.5, 0.6) is 5.75 Å².